The fraction of sp³-hybridized carbons (Fsp3) is 0.333. The van der Waals surface area contributed by atoms with Crippen LogP contribution in [0.3, 0.4) is 0 Å². The molecule has 2 amide bonds. The number of anilines is 3. The molecule has 0 bridgehead atoms. The van der Waals surface area contributed by atoms with Gasteiger partial charge in [-0.3, -0.25) is 0 Å². The van der Waals surface area contributed by atoms with Gasteiger partial charge in [0.05, 0.1) is 17.1 Å². The number of hydrogen-bond acceptors (Lipinski definition) is 5. The Balaban J connectivity index is 1.91. The molecule has 10 heteroatoms. The minimum Gasteiger partial charge on any atom is -0.482 e. The number of carbonyl (C=O) groups is 2. The zero-order chi connectivity index (χ0) is 24.7. The number of hydrogen-bond donors (Lipinski definition) is 3. The van der Waals surface area contributed by atoms with Crippen molar-refractivity contribution in [3.63, 3.8) is 0 Å². The number of carboxylic acid groups (broad SMARTS) is 1. The van der Waals surface area contributed by atoms with Gasteiger partial charge in [-0.25, -0.2) is 14.0 Å². The zero-order valence-corrected chi connectivity index (χ0v) is 19.5. The van der Waals surface area contributed by atoms with E-state index >= 15 is 0 Å². The van der Waals surface area contributed by atoms with Gasteiger partial charge in [0.15, 0.2) is 6.61 Å². The Morgan fingerprint density at radius 1 is 1.21 bits per heavy atom. The molecule has 1 fully saturated rings. The normalized spacial score (nSPS) is 13.7. The van der Waals surface area contributed by atoms with E-state index in [2.05, 4.69) is 22.1 Å². The molecule has 1 saturated heterocycles. The number of carboxylic acids is 1. The van der Waals surface area contributed by atoms with Gasteiger partial charge >= 0.3 is 12.0 Å². The Bertz CT molecular complexity index is 1060. The number of rotatable bonds is 9. The number of amides is 2. The maximum Gasteiger partial charge on any atom is 0.341 e. The maximum absolute atomic E-state index is 14.2. The first-order chi connectivity index (χ1) is 16.2. The summed E-state index contributed by atoms with van der Waals surface area (Å²) >= 11 is 5.78. The van der Waals surface area contributed by atoms with Crippen LogP contribution in [0.25, 0.3) is 0 Å². The van der Waals surface area contributed by atoms with Crippen LogP contribution in [0.1, 0.15) is 19.8 Å². The number of benzene rings is 2. The molecule has 3 rings (SSSR count). The van der Waals surface area contributed by atoms with Crippen molar-refractivity contribution in [1.82, 2.24) is 0 Å². The van der Waals surface area contributed by atoms with Crippen molar-refractivity contribution in [2.24, 2.45) is 0 Å². The van der Waals surface area contributed by atoms with Crippen LogP contribution < -0.4 is 20.3 Å². The molecule has 1 aliphatic rings. The van der Waals surface area contributed by atoms with Crippen molar-refractivity contribution in [2.45, 2.75) is 25.8 Å². The number of nitrogens with zero attached hydrogens (tertiary/aromatic N) is 1. The summed E-state index contributed by atoms with van der Waals surface area (Å²) in [4.78, 5) is 25.8. The largest absolute Gasteiger partial charge is 0.482 e. The minimum absolute atomic E-state index is 0.0371. The summed E-state index contributed by atoms with van der Waals surface area (Å²) in [7, 11) is 0. The van der Waals surface area contributed by atoms with Crippen molar-refractivity contribution < 1.29 is 28.6 Å². The van der Waals surface area contributed by atoms with Crippen LogP contribution >= 0.6 is 11.6 Å². The van der Waals surface area contributed by atoms with E-state index < -0.39 is 24.4 Å². The van der Waals surface area contributed by atoms with Gasteiger partial charge < -0.3 is 30.1 Å². The Morgan fingerprint density at radius 3 is 2.56 bits per heavy atom. The van der Waals surface area contributed by atoms with E-state index in [4.69, 9.17) is 26.2 Å². The van der Waals surface area contributed by atoms with Crippen LogP contribution in [0.5, 0.6) is 5.75 Å². The summed E-state index contributed by atoms with van der Waals surface area (Å²) < 4.78 is 24.9. The lowest BCUT2D eigenvalue weighted by Crippen LogP contribution is -2.41. The lowest BCUT2D eigenvalue weighted by atomic mass is 10.0. The van der Waals surface area contributed by atoms with E-state index in [1.807, 2.05) is 6.92 Å². The number of nitrogens with one attached hydrogen (secondary N) is 2. The number of halogens is 2. The first-order valence-corrected chi connectivity index (χ1v) is 11.1. The third kappa shape index (κ3) is 7.10. The predicted molar refractivity (Wildman–Crippen MR) is 130 cm³/mol. The Kier molecular flexibility index (Phi) is 8.72. The summed E-state index contributed by atoms with van der Waals surface area (Å²) in [5, 5.41) is 14.4. The molecule has 3 N–H and O–H groups in total. The van der Waals surface area contributed by atoms with Crippen molar-refractivity contribution in [1.29, 1.82) is 0 Å². The lowest BCUT2D eigenvalue weighted by Gasteiger charge is -2.37. The van der Waals surface area contributed by atoms with Crippen LogP contribution in [0.4, 0.5) is 26.2 Å². The Hall–Kier alpha value is -3.30. The third-order valence-electron chi connectivity index (χ3n) is 5.14. The van der Waals surface area contributed by atoms with Crippen LogP contribution in [-0.2, 0) is 9.53 Å². The number of ether oxygens (including phenoxy) is 2. The van der Waals surface area contributed by atoms with Crippen molar-refractivity contribution in [2.75, 3.05) is 41.9 Å². The number of aliphatic carboxylic acids is 1. The summed E-state index contributed by atoms with van der Waals surface area (Å²) in [6.45, 7) is 7.20. The van der Waals surface area contributed by atoms with E-state index in [1.54, 1.807) is 18.2 Å². The highest BCUT2D eigenvalue weighted by Crippen LogP contribution is 2.34. The van der Waals surface area contributed by atoms with Gasteiger partial charge in [-0.1, -0.05) is 23.8 Å². The second-order valence-electron chi connectivity index (χ2n) is 7.99. The molecule has 1 aliphatic heterocycles. The molecular weight excluding hydrogens is 465 g/mol. The highest BCUT2D eigenvalue weighted by atomic mass is 35.5. The zero-order valence-electron chi connectivity index (χ0n) is 18.8. The molecule has 8 nitrogen and oxygen atoms in total. The quantitative estimate of drug-likeness (QED) is 0.419. The molecule has 34 heavy (non-hydrogen) atoms. The van der Waals surface area contributed by atoms with Crippen molar-refractivity contribution in [3.05, 3.63) is 59.4 Å². The van der Waals surface area contributed by atoms with Crippen molar-refractivity contribution >= 4 is 40.7 Å². The average molecular weight is 492 g/mol. The second kappa shape index (κ2) is 11.7. The molecule has 0 aromatic heterocycles. The van der Waals surface area contributed by atoms with Gasteiger partial charge in [0.1, 0.15) is 11.6 Å². The summed E-state index contributed by atoms with van der Waals surface area (Å²) in [6.07, 6.45) is 1.60. The van der Waals surface area contributed by atoms with Gasteiger partial charge in [0.2, 0.25) is 0 Å². The number of urea groups is 1. The van der Waals surface area contributed by atoms with Crippen molar-refractivity contribution in [3.8, 4) is 5.75 Å². The fourth-order valence-electron chi connectivity index (χ4n) is 3.67. The first-order valence-electron chi connectivity index (χ1n) is 10.7. The standard InChI is InChI=1S/C24H27ClFN3O5/c1-15(2)13-29(17-7-9-33-10-8-17)22-6-4-18(34-14-23(30)31)12-21(22)28-24(32)27-20-5-3-16(25)11-19(20)26/h3-6,11-12,17H,1,7-10,13-14H2,2H3,(H,30,31)(H2,27,28,32). The first kappa shape index (κ1) is 25.3. The van der Waals surface area contributed by atoms with Crippen LogP contribution in [-0.4, -0.2) is 49.5 Å². The van der Waals surface area contributed by atoms with Gasteiger partial charge in [0, 0.05) is 36.9 Å². The average Bonchev–Trinajstić information content (AvgIpc) is 2.79. The second-order valence-corrected chi connectivity index (χ2v) is 8.43. The smallest absolute Gasteiger partial charge is 0.341 e. The monoisotopic (exact) mass is 491 g/mol. The lowest BCUT2D eigenvalue weighted by molar-refractivity contribution is -0.139. The molecule has 1 heterocycles. The number of carbonyl (C=O) groups excluding carboxylic acids is 1. The maximum atomic E-state index is 14.2. The molecule has 0 spiro atoms. The van der Waals surface area contributed by atoms with E-state index in [0.717, 1.165) is 24.5 Å². The van der Waals surface area contributed by atoms with Crippen LogP contribution in [0.15, 0.2) is 48.6 Å². The molecule has 0 unspecified atom stereocenters. The minimum atomic E-state index is -1.12. The van der Waals surface area contributed by atoms with E-state index in [0.29, 0.717) is 31.1 Å². The SMILES string of the molecule is C=C(C)CN(c1ccc(OCC(=O)O)cc1NC(=O)Nc1ccc(Cl)cc1F)C1CCOCC1. The molecule has 182 valence electrons. The summed E-state index contributed by atoms with van der Waals surface area (Å²) in [5.41, 5.74) is 1.97. The van der Waals surface area contributed by atoms with Gasteiger partial charge in [0.25, 0.3) is 0 Å². The van der Waals surface area contributed by atoms with E-state index in [9.17, 15) is 14.0 Å². The Morgan fingerprint density at radius 2 is 1.91 bits per heavy atom. The van der Waals surface area contributed by atoms with E-state index in [-0.39, 0.29) is 22.5 Å². The molecular formula is C24H27ClFN3O5. The molecule has 0 atom stereocenters. The summed E-state index contributed by atoms with van der Waals surface area (Å²) in [6, 6.07) is 8.34. The highest BCUT2D eigenvalue weighted by Gasteiger charge is 2.25. The third-order valence-corrected chi connectivity index (χ3v) is 5.37. The fourth-order valence-corrected chi connectivity index (χ4v) is 3.82. The molecule has 2 aromatic carbocycles. The molecule has 0 radical (unpaired) electrons. The predicted octanol–water partition coefficient (Wildman–Crippen LogP) is 5.15. The van der Waals surface area contributed by atoms with Crippen LogP contribution in [0, 0.1) is 5.82 Å². The highest BCUT2D eigenvalue weighted by molar-refractivity contribution is 6.30. The molecule has 0 aliphatic carbocycles. The van der Waals surface area contributed by atoms with Gasteiger partial charge in [-0.05, 0) is 50.1 Å². The molecule has 2 aromatic rings. The van der Waals surface area contributed by atoms with Gasteiger partial charge in [-0.2, -0.15) is 0 Å². The summed E-state index contributed by atoms with van der Waals surface area (Å²) in [5.74, 6) is -1.53. The van der Waals surface area contributed by atoms with Crippen LogP contribution in [0.2, 0.25) is 5.02 Å². The molecule has 0 saturated carbocycles. The van der Waals surface area contributed by atoms with E-state index in [1.165, 1.54) is 12.1 Å². The van der Waals surface area contributed by atoms with Gasteiger partial charge in [-0.15, -0.1) is 0 Å². The topological polar surface area (TPSA) is 100 Å². The Labute approximate surface area is 202 Å².